The van der Waals surface area contributed by atoms with Crippen LogP contribution in [-0.4, -0.2) is 24.1 Å². The van der Waals surface area contributed by atoms with Crippen molar-refractivity contribution in [2.45, 2.75) is 33.2 Å². The molecule has 0 radical (unpaired) electrons. The topological polar surface area (TPSA) is 41.1 Å². The second-order valence-electron chi connectivity index (χ2n) is 5.05. The number of nitrogens with zero attached hydrogens (tertiary/aromatic N) is 3. The molecule has 2 heterocycles. The second-order valence-corrected chi connectivity index (χ2v) is 7.34. The average molecular weight is 369 g/mol. The van der Waals surface area contributed by atoms with E-state index in [2.05, 4.69) is 63.5 Å². The molecule has 0 unspecified atom stereocenters. The first-order chi connectivity index (χ1) is 10.0. The van der Waals surface area contributed by atoms with Crippen LogP contribution in [0.5, 0.6) is 0 Å². The van der Waals surface area contributed by atoms with E-state index in [-0.39, 0.29) is 0 Å². The van der Waals surface area contributed by atoms with E-state index in [1.807, 2.05) is 7.05 Å². The number of hydrogen-bond donors (Lipinski definition) is 1. The van der Waals surface area contributed by atoms with Crippen molar-refractivity contribution < 1.29 is 0 Å². The van der Waals surface area contributed by atoms with E-state index in [1.54, 1.807) is 11.3 Å². The zero-order valence-electron chi connectivity index (χ0n) is 12.9. The Kier molecular flexibility index (Phi) is 5.58. The van der Waals surface area contributed by atoms with Crippen LogP contribution in [-0.2, 0) is 13.0 Å². The Bertz CT molecular complexity index is 612. The predicted molar refractivity (Wildman–Crippen MR) is 94.4 cm³/mol. The monoisotopic (exact) mass is 368 g/mol. The number of aromatic nitrogens is 2. The van der Waals surface area contributed by atoms with Crippen LogP contribution in [0.2, 0.25) is 0 Å². The normalized spacial score (nSPS) is 10.7. The second kappa shape index (κ2) is 7.22. The van der Waals surface area contributed by atoms with Crippen molar-refractivity contribution in [3.8, 4) is 0 Å². The summed E-state index contributed by atoms with van der Waals surface area (Å²) in [4.78, 5) is 11.5. The third kappa shape index (κ3) is 3.95. The summed E-state index contributed by atoms with van der Waals surface area (Å²) < 4.78 is 1.16. The summed E-state index contributed by atoms with van der Waals surface area (Å²) >= 11 is 5.22. The zero-order chi connectivity index (χ0) is 15.4. The van der Waals surface area contributed by atoms with E-state index < -0.39 is 0 Å². The number of rotatable bonds is 6. The number of hydrogen-bond acceptors (Lipinski definition) is 5. The minimum absolute atomic E-state index is 0.842. The Morgan fingerprint density at radius 1 is 1.38 bits per heavy atom. The van der Waals surface area contributed by atoms with Crippen LogP contribution < -0.4 is 10.2 Å². The van der Waals surface area contributed by atoms with E-state index in [0.717, 1.165) is 46.2 Å². The van der Waals surface area contributed by atoms with Gasteiger partial charge in [0.1, 0.15) is 17.5 Å². The van der Waals surface area contributed by atoms with Crippen molar-refractivity contribution in [3.05, 3.63) is 32.2 Å². The molecule has 6 heteroatoms. The summed E-state index contributed by atoms with van der Waals surface area (Å²) in [5, 5.41) is 5.34. The lowest BCUT2D eigenvalue weighted by Gasteiger charge is -2.21. The van der Waals surface area contributed by atoms with Crippen LogP contribution in [0.25, 0.3) is 0 Å². The van der Waals surface area contributed by atoms with E-state index in [9.17, 15) is 0 Å². The van der Waals surface area contributed by atoms with Gasteiger partial charge in [0.2, 0.25) is 0 Å². The van der Waals surface area contributed by atoms with Crippen molar-refractivity contribution >= 4 is 38.9 Å². The van der Waals surface area contributed by atoms with Gasteiger partial charge >= 0.3 is 0 Å². The van der Waals surface area contributed by atoms with Gasteiger partial charge in [-0.3, -0.25) is 0 Å². The van der Waals surface area contributed by atoms with Gasteiger partial charge in [-0.25, -0.2) is 9.97 Å². The first-order valence-electron chi connectivity index (χ1n) is 7.04. The quantitative estimate of drug-likeness (QED) is 0.827. The van der Waals surface area contributed by atoms with Crippen LogP contribution >= 0.6 is 27.3 Å². The first-order valence-corrected chi connectivity index (χ1v) is 8.71. The molecule has 0 bridgehead atoms. The Labute approximate surface area is 138 Å². The number of thiophene rings is 1. The molecule has 0 saturated carbocycles. The fourth-order valence-corrected chi connectivity index (χ4v) is 3.48. The smallest absolute Gasteiger partial charge is 0.137 e. The molecule has 114 valence electrons. The average Bonchev–Trinajstić information content (AvgIpc) is 2.86. The lowest BCUT2D eigenvalue weighted by molar-refractivity contribution is 0.808. The predicted octanol–water partition coefficient (Wildman–Crippen LogP) is 4.24. The Morgan fingerprint density at radius 3 is 2.71 bits per heavy atom. The molecule has 0 aliphatic carbocycles. The highest BCUT2D eigenvalue weighted by molar-refractivity contribution is 9.11. The van der Waals surface area contributed by atoms with Gasteiger partial charge in [0.25, 0.3) is 0 Å². The maximum Gasteiger partial charge on any atom is 0.137 e. The van der Waals surface area contributed by atoms with Crippen molar-refractivity contribution in [1.29, 1.82) is 0 Å². The zero-order valence-corrected chi connectivity index (χ0v) is 15.3. The molecule has 0 spiro atoms. The Balaban J connectivity index is 2.29. The van der Waals surface area contributed by atoms with Crippen LogP contribution in [0.1, 0.15) is 30.3 Å². The minimum atomic E-state index is 0.842. The summed E-state index contributed by atoms with van der Waals surface area (Å²) in [5.41, 5.74) is 2.38. The molecule has 2 rings (SSSR count). The maximum atomic E-state index is 4.74. The van der Waals surface area contributed by atoms with Gasteiger partial charge in [-0.1, -0.05) is 6.92 Å². The molecule has 0 saturated heterocycles. The van der Waals surface area contributed by atoms with Gasteiger partial charge in [0, 0.05) is 32.6 Å². The molecule has 2 aromatic heterocycles. The highest BCUT2D eigenvalue weighted by atomic mass is 79.9. The highest BCUT2D eigenvalue weighted by Crippen LogP contribution is 2.26. The summed E-state index contributed by atoms with van der Waals surface area (Å²) in [6.45, 7) is 5.06. The molecule has 0 atom stereocenters. The fourth-order valence-electron chi connectivity index (χ4n) is 2.28. The van der Waals surface area contributed by atoms with Gasteiger partial charge in [-0.15, -0.1) is 11.3 Å². The largest absolute Gasteiger partial charge is 0.373 e. The molecule has 0 aromatic carbocycles. The molecule has 1 N–H and O–H groups in total. The molecular weight excluding hydrogens is 348 g/mol. The Hall–Kier alpha value is -1.14. The van der Waals surface area contributed by atoms with E-state index >= 15 is 0 Å². The number of anilines is 2. The third-order valence-corrected chi connectivity index (χ3v) is 4.83. The van der Waals surface area contributed by atoms with Crippen LogP contribution in [0.15, 0.2) is 15.2 Å². The molecule has 21 heavy (non-hydrogen) atoms. The number of nitrogens with one attached hydrogen (secondary N) is 1. The van der Waals surface area contributed by atoms with Crippen molar-refractivity contribution in [2.24, 2.45) is 0 Å². The fraction of sp³-hybridized carbons (Fsp3) is 0.467. The molecule has 0 aliphatic heterocycles. The third-order valence-electron chi connectivity index (χ3n) is 3.28. The van der Waals surface area contributed by atoms with Crippen LogP contribution in [0.3, 0.4) is 0 Å². The molecular formula is C15H21BrN4S. The van der Waals surface area contributed by atoms with Crippen LogP contribution in [0, 0.1) is 6.92 Å². The van der Waals surface area contributed by atoms with Crippen molar-refractivity contribution in [1.82, 2.24) is 9.97 Å². The summed E-state index contributed by atoms with van der Waals surface area (Å²) in [6.07, 6.45) is 1.95. The molecule has 0 aliphatic rings. The standard InChI is InChI=1S/C15H21BrN4S/c1-5-6-13-18-14(17-3)10(2)15(19-13)20(4)8-11-7-12(16)21-9-11/h7,9H,5-6,8H2,1-4H3,(H,17,18,19). The summed E-state index contributed by atoms with van der Waals surface area (Å²) in [7, 11) is 3.99. The molecule has 0 amide bonds. The summed E-state index contributed by atoms with van der Waals surface area (Å²) in [6, 6.07) is 2.16. The SMILES string of the molecule is CCCc1nc(NC)c(C)c(N(C)Cc2csc(Br)c2)n1. The molecule has 2 aromatic rings. The lowest BCUT2D eigenvalue weighted by atomic mass is 10.2. The molecule has 4 nitrogen and oxygen atoms in total. The minimum Gasteiger partial charge on any atom is -0.373 e. The van der Waals surface area contributed by atoms with Gasteiger partial charge in [-0.05, 0) is 46.3 Å². The van der Waals surface area contributed by atoms with Crippen molar-refractivity contribution in [2.75, 3.05) is 24.3 Å². The van der Waals surface area contributed by atoms with Gasteiger partial charge in [0.05, 0.1) is 3.79 Å². The lowest BCUT2D eigenvalue weighted by Crippen LogP contribution is -2.20. The number of halogens is 1. The highest BCUT2D eigenvalue weighted by Gasteiger charge is 2.14. The van der Waals surface area contributed by atoms with E-state index in [4.69, 9.17) is 4.98 Å². The van der Waals surface area contributed by atoms with Crippen LogP contribution in [0.4, 0.5) is 11.6 Å². The number of aryl methyl sites for hydroxylation is 1. The van der Waals surface area contributed by atoms with Gasteiger partial charge in [0.15, 0.2) is 0 Å². The first kappa shape index (κ1) is 16.2. The Morgan fingerprint density at radius 2 is 2.14 bits per heavy atom. The van der Waals surface area contributed by atoms with E-state index in [1.165, 1.54) is 5.56 Å². The van der Waals surface area contributed by atoms with E-state index in [0.29, 0.717) is 0 Å². The molecule has 0 fully saturated rings. The van der Waals surface area contributed by atoms with Crippen molar-refractivity contribution in [3.63, 3.8) is 0 Å². The summed E-state index contributed by atoms with van der Waals surface area (Å²) in [5.74, 6) is 2.82. The van der Waals surface area contributed by atoms with Gasteiger partial charge in [-0.2, -0.15) is 0 Å². The van der Waals surface area contributed by atoms with Gasteiger partial charge < -0.3 is 10.2 Å². The maximum absolute atomic E-state index is 4.74.